The highest BCUT2D eigenvalue weighted by atomic mass is 16.6. The second-order valence-electron chi connectivity index (χ2n) is 26.9. The van der Waals surface area contributed by atoms with Crippen molar-refractivity contribution in [3.8, 4) is 0 Å². The minimum atomic E-state index is -0.391. The molecule has 0 N–H and O–H groups in total. The van der Waals surface area contributed by atoms with Crippen LogP contribution in [0.4, 0.5) is 4.79 Å². The standard InChI is InChI=1S/C15H28N2.C12H24N2O2.C7H15NO.C7H15N.C6H12.C5H13N.C5H10O.C4H8.C4H10.C2H6/c1-13-2-6-15(7-3-13)17-10-8-16(9-11-17)12-14-4-5-14;1-5-6-13-7-9-14(10-8-13)11(15)16-12(2,3)4;1-2-3-8-4-6-9-7-5-8;1-7-3-5-8(2)6-4-7;1-6-4-2-3-5-6;1-4-5-6(2)3;1-2-5-3-6-4-5;1-4-2-3-4;1-4(2)3;1-2/h13-15H,2-12H2,1H3;5-10H2,1-4H3;2-7H2,1H3;7H,3-6H2,1-2H3;6H,2-5H2,1H3;4-5H2,1-3H3;5H,2-4H2,1H3;4H,2-3H2,1H3;4H,1-3H3;1-2H3. The molecule has 11 heteroatoms. The van der Waals surface area contributed by atoms with Gasteiger partial charge in [0.05, 0.1) is 26.4 Å². The Balaban J connectivity index is 0.000000892. The van der Waals surface area contributed by atoms with E-state index in [2.05, 4.69) is 127 Å². The van der Waals surface area contributed by atoms with Crippen molar-refractivity contribution in [2.45, 2.75) is 238 Å². The summed E-state index contributed by atoms with van der Waals surface area (Å²) in [7, 11) is 6.37. The molecular weight excluding hydrogens is 967 g/mol. The van der Waals surface area contributed by atoms with Crippen LogP contribution < -0.4 is 0 Å². The molecule has 5 heterocycles. The molecule has 1 amide bonds. The van der Waals surface area contributed by atoms with Gasteiger partial charge in [0.15, 0.2) is 0 Å². The Hall–Kier alpha value is -1.05. The summed E-state index contributed by atoms with van der Waals surface area (Å²) >= 11 is 0. The van der Waals surface area contributed by atoms with Gasteiger partial charge in [0, 0.05) is 84.0 Å². The molecule has 9 aliphatic rings. The van der Waals surface area contributed by atoms with Gasteiger partial charge in [-0.3, -0.25) is 14.7 Å². The zero-order chi connectivity index (χ0) is 58.7. The van der Waals surface area contributed by atoms with Crippen molar-refractivity contribution in [1.29, 1.82) is 0 Å². The molecule has 0 radical (unpaired) electrons. The summed E-state index contributed by atoms with van der Waals surface area (Å²) in [6, 6.07) is 0.925. The van der Waals surface area contributed by atoms with Crippen LogP contribution in [0.3, 0.4) is 0 Å². The fraction of sp³-hybridized carbons (Fsp3) is 0.985. The highest BCUT2D eigenvalue weighted by molar-refractivity contribution is 5.68. The van der Waals surface area contributed by atoms with Gasteiger partial charge in [-0.2, -0.15) is 0 Å². The van der Waals surface area contributed by atoms with Gasteiger partial charge in [-0.25, -0.2) is 4.79 Å². The second kappa shape index (κ2) is 48.3. The predicted molar refractivity (Wildman–Crippen MR) is 341 cm³/mol. The van der Waals surface area contributed by atoms with Crippen LogP contribution in [0.1, 0.15) is 226 Å². The third-order valence-corrected chi connectivity index (χ3v) is 15.8. The van der Waals surface area contributed by atoms with Crippen LogP contribution in [-0.2, 0) is 14.2 Å². The van der Waals surface area contributed by atoms with Crippen LogP contribution in [0.25, 0.3) is 0 Å². The molecule has 0 aromatic carbocycles. The molecule has 0 unspecified atom stereocenters. The van der Waals surface area contributed by atoms with Gasteiger partial charge in [0.25, 0.3) is 0 Å². The second-order valence-corrected chi connectivity index (χ2v) is 26.9. The van der Waals surface area contributed by atoms with Gasteiger partial charge in [-0.05, 0) is 187 Å². The summed E-state index contributed by atoms with van der Waals surface area (Å²) in [5.74, 6) is 6.89. The summed E-state index contributed by atoms with van der Waals surface area (Å²) < 4.78 is 15.5. The lowest BCUT2D eigenvalue weighted by Gasteiger charge is -2.41. The first kappa shape index (κ1) is 77.0. The van der Waals surface area contributed by atoms with Crippen molar-refractivity contribution >= 4 is 6.09 Å². The number of hydrogen-bond acceptors (Lipinski definition) is 10. The fourth-order valence-corrected chi connectivity index (χ4v) is 9.92. The van der Waals surface area contributed by atoms with Crippen LogP contribution in [0, 0.1) is 41.4 Å². The SMILES string of the molecule is CC.CC(C)C.CC1CC1.CC1CCC(N2CCN(CC3CC3)CC2)CC1.CC1CCCC1.CC1CCN(C)CC1.CCC1COC1.CCCN(C)C.CCCN1CCN(C(=O)OC(C)(C)C)CC1.CCCN1CCOCC1. The predicted octanol–water partition coefficient (Wildman–Crippen LogP) is 14.9. The summed E-state index contributed by atoms with van der Waals surface area (Å²) in [6.07, 6.45) is 25.4. The number of piperazine rings is 2. The maximum atomic E-state index is 11.8. The van der Waals surface area contributed by atoms with E-state index in [0.29, 0.717) is 0 Å². The molecule has 9 fully saturated rings. The Morgan fingerprint density at radius 3 is 1.31 bits per heavy atom. The van der Waals surface area contributed by atoms with Crippen LogP contribution in [0.5, 0.6) is 0 Å². The third kappa shape index (κ3) is 46.4. The number of ether oxygens (including phenoxy) is 3. The van der Waals surface area contributed by atoms with E-state index in [0.717, 1.165) is 120 Å². The Labute approximate surface area is 489 Å². The first-order chi connectivity index (χ1) is 37.2. The van der Waals surface area contributed by atoms with Gasteiger partial charge in [0.1, 0.15) is 5.60 Å². The summed E-state index contributed by atoms with van der Waals surface area (Å²) in [6.45, 7) is 57.0. The van der Waals surface area contributed by atoms with Gasteiger partial charge in [-0.1, -0.05) is 129 Å². The van der Waals surface area contributed by atoms with Crippen molar-refractivity contribution in [1.82, 2.24) is 34.3 Å². The maximum absolute atomic E-state index is 11.8. The smallest absolute Gasteiger partial charge is 0.410 e. The lowest BCUT2D eigenvalue weighted by molar-refractivity contribution is -0.0331. The minimum absolute atomic E-state index is 0.177. The average Bonchev–Trinajstić information content (AvgIpc) is 4.33. The molecule has 9 rings (SSSR count). The zero-order valence-corrected chi connectivity index (χ0v) is 56.3. The Kier molecular flexibility index (Phi) is 47.7. The molecular formula is C67H141N7O4. The molecule has 4 saturated carbocycles. The van der Waals surface area contributed by atoms with E-state index in [-0.39, 0.29) is 6.09 Å². The van der Waals surface area contributed by atoms with Crippen molar-refractivity contribution < 1.29 is 19.0 Å². The fourth-order valence-electron chi connectivity index (χ4n) is 9.92. The number of carbonyl (C=O) groups is 1. The molecule has 5 aliphatic heterocycles. The summed E-state index contributed by atoms with van der Waals surface area (Å²) in [5.41, 5.74) is -0.391. The number of nitrogens with zero attached hydrogens (tertiary/aromatic N) is 7. The molecule has 0 atom stereocenters. The van der Waals surface area contributed by atoms with Crippen LogP contribution in [0.2, 0.25) is 0 Å². The van der Waals surface area contributed by atoms with Crippen molar-refractivity contribution in [2.75, 3.05) is 152 Å². The quantitative estimate of drug-likeness (QED) is 0.211. The Bertz CT molecular complexity index is 1260. The first-order valence-electron chi connectivity index (χ1n) is 33.6. The Morgan fingerprint density at radius 2 is 0.987 bits per heavy atom. The van der Waals surface area contributed by atoms with Crippen LogP contribution in [-0.4, -0.2) is 204 Å². The molecule has 11 nitrogen and oxygen atoms in total. The monoisotopic (exact) mass is 1110 g/mol. The first-order valence-corrected chi connectivity index (χ1v) is 33.6. The normalized spacial score (nSPS) is 23.6. The van der Waals surface area contributed by atoms with E-state index in [1.54, 1.807) is 4.90 Å². The topological polar surface area (TPSA) is 67.4 Å². The van der Waals surface area contributed by atoms with Crippen molar-refractivity contribution in [2.24, 2.45) is 41.4 Å². The number of amides is 1. The number of likely N-dealkylation sites (tertiary alicyclic amines) is 1. The van der Waals surface area contributed by atoms with E-state index in [9.17, 15) is 4.79 Å². The Morgan fingerprint density at radius 1 is 0.551 bits per heavy atom. The van der Waals surface area contributed by atoms with Crippen LogP contribution in [0.15, 0.2) is 0 Å². The van der Waals surface area contributed by atoms with Gasteiger partial charge < -0.3 is 33.8 Å². The minimum Gasteiger partial charge on any atom is -0.444 e. The molecule has 0 aromatic heterocycles. The molecule has 0 bridgehead atoms. The summed E-state index contributed by atoms with van der Waals surface area (Å²) in [4.78, 5) is 28.5. The third-order valence-electron chi connectivity index (χ3n) is 15.8. The molecule has 0 aromatic rings. The van der Waals surface area contributed by atoms with Gasteiger partial charge in [0.2, 0.25) is 0 Å². The lowest BCUT2D eigenvalue weighted by Crippen LogP contribution is -2.51. The summed E-state index contributed by atoms with van der Waals surface area (Å²) in [5, 5.41) is 0. The molecule has 468 valence electrons. The van der Waals surface area contributed by atoms with Gasteiger partial charge >= 0.3 is 6.09 Å². The molecule has 5 saturated heterocycles. The molecule has 0 spiro atoms. The largest absolute Gasteiger partial charge is 0.444 e. The zero-order valence-electron chi connectivity index (χ0n) is 56.3. The van der Waals surface area contributed by atoms with E-state index < -0.39 is 5.60 Å². The van der Waals surface area contributed by atoms with Crippen molar-refractivity contribution in [3.05, 3.63) is 0 Å². The van der Waals surface area contributed by atoms with E-state index in [1.807, 2.05) is 34.6 Å². The molecule has 78 heavy (non-hydrogen) atoms. The van der Waals surface area contributed by atoms with E-state index >= 15 is 0 Å². The number of morpholine rings is 1. The average molecular weight is 1110 g/mol. The van der Waals surface area contributed by atoms with E-state index in [1.165, 1.54) is 174 Å². The highest BCUT2D eigenvalue weighted by Crippen LogP contribution is 2.31. The lowest BCUT2D eigenvalue weighted by atomic mass is 9.86. The molecule has 4 aliphatic carbocycles. The number of hydrogen-bond donors (Lipinski definition) is 0. The van der Waals surface area contributed by atoms with Crippen molar-refractivity contribution in [3.63, 3.8) is 0 Å². The maximum Gasteiger partial charge on any atom is 0.410 e. The number of carbonyl (C=O) groups excluding carboxylic acids is 1. The number of piperidine rings is 1. The van der Waals surface area contributed by atoms with Crippen LogP contribution >= 0.6 is 0 Å². The van der Waals surface area contributed by atoms with Gasteiger partial charge in [-0.15, -0.1) is 0 Å². The number of rotatable bonds is 10. The van der Waals surface area contributed by atoms with E-state index in [4.69, 9.17) is 14.2 Å². The highest BCUT2D eigenvalue weighted by Gasteiger charge is 2.30.